The molecular formula is C9H22N2OS. The first-order valence-electron chi connectivity index (χ1n) is 4.68. The van der Waals surface area contributed by atoms with E-state index < -0.39 is 0 Å². The second kappa shape index (κ2) is 10.3. The number of ether oxygens (including phenoxy) is 1. The summed E-state index contributed by atoms with van der Waals surface area (Å²) in [6, 6.07) is 0. The van der Waals surface area contributed by atoms with Gasteiger partial charge in [0.1, 0.15) is 0 Å². The molecule has 0 heterocycles. The van der Waals surface area contributed by atoms with Crippen LogP contribution in [-0.4, -0.2) is 63.9 Å². The Hall–Kier alpha value is 0.230. The zero-order valence-corrected chi connectivity index (χ0v) is 9.82. The maximum absolute atomic E-state index is 4.99. The van der Waals surface area contributed by atoms with Gasteiger partial charge in [-0.2, -0.15) is 11.8 Å². The third-order valence-corrected chi connectivity index (χ3v) is 2.44. The summed E-state index contributed by atoms with van der Waals surface area (Å²) in [6.45, 7) is 5.11. The van der Waals surface area contributed by atoms with Crippen LogP contribution in [0.4, 0.5) is 0 Å². The van der Waals surface area contributed by atoms with Crippen molar-refractivity contribution in [2.45, 2.75) is 0 Å². The molecule has 0 amide bonds. The van der Waals surface area contributed by atoms with Gasteiger partial charge in [0, 0.05) is 39.0 Å². The van der Waals surface area contributed by atoms with Gasteiger partial charge in [-0.05, 0) is 13.3 Å². The van der Waals surface area contributed by atoms with Crippen molar-refractivity contribution in [3.63, 3.8) is 0 Å². The molecule has 0 unspecified atom stereocenters. The first kappa shape index (κ1) is 13.2. The van der Waals surface area contributed by atoms with Crippen LogP contribution in [-0.2, 0) is 4.74 Å². The topological polar surface area (TPSA) is 24.5 Å². The van der Waals surface area contributed by atoms with Crippen LogP contribution in [0.2, 0.25) is 0 Å². The highest BCUT2D eigenvalue weighted by Crippen LogP contribution is 1.87. The predicted octanol–water partition coefficient (Wildman–Crippen LogP) is 0.517. The van der Waals surface area contributed by atoms with Crippen LogP contribution in [0.15, 0.2) is 0 Å². The van der Waals surface area contributed by atoms with E-state index in [-0.39, 0.29) is 0 Å². The van der Waals surface area contributed by atoms with Crippen LogP contribution >= 0.6 is 11.8 Å². The van der Waals surface area contributed by atoms with Crippen LogP contribution in [0.5, 0.6) is 0 Å². The van der Waals surface area contributed by atoms with Crippen molar-refractivity contribution in [2.24, 2.45) is 0 Å². The number of thioether (sulfide) groups is 1. The Balaban J connectivity index is 3.03. The molecule has 1 N–H and O–H groups in total. The molecule has 3 nitrogen and oxygen atoms in total. The fourth-order valence-corrected chi connectivity index (χ4v) is 1.28. The number of nitrogens with one attached hydrogen (secondary N) is 1. The molecule has 0 rings (SSSR count). The molecule has 0 aliphatic heterocycles. The summed E-state index contributed by atoms with van der Waals surface area (Å²) < 4.78 is 4.99. The number of nitrogens with zero attached hydrogens (tertiary/aromatic N) is 1. The van der Waals surface area contributed by atoms with Crippen molar-refractivity contribution < 1.29 is 4.74 Å². The summed E-state index contributed by atoms with van der Waals surface area (Å²) in [6.07, 6.45) is 2.13. The number of hydrogen-bond donors (Lipinski definition) is 1. The highest BCUT2D eigenvalue weighted by atomic mass is 32.2. The summed E-state index contributed by atoms with van der Waals surface area (Å²) in [5, 5.41) is 3.39. The van der Waals surface area contributed by atoms with E-state index in [0.29, 0.717) is 0 Å². The molecule has 0 aliphatic carbocycles. The Morgan fingerprint density at radius 1 is 1.31 bits per heavy atom. The Labute approximate surface area is 86.2 Å². The smallest absolute Gasteiger partial charge is 0.0589 e. The highest BCUT2D eigenvalue weighted by Gasteiger charge is 1.95. The zero-order valence-electron chi connectivity index (χ0n) is 9.01. The van der Waals surface area contributed by atoms with Crippen molar-refractivity contribution in [3.05, 3.63) is 0 Å². The van der Waals surface area contributed by atoms with E-state index in [1.54, 1.807) is 7.11 Å². The van der Waals surface area contributed by atoms with Crippen LogP contribution in [0.25, 0.3) is 0 Å². The van der Waals surface area contributed by atoms with Crippen LogP contribution in [0.1, 0.15) is 0 Å². The second-order valence-corrected chi connectivity index (χ2v) is 4.02. The quantitative estimate of drug-likeness (QED) is 0.556. The van der Waals surface area contributed by atoms with E-state index >= 15 is 0 Å². The number of methoxy groups -OCH3 is 1. The minimum Gasteiger partial charge on any atom is -0.383 e. The standard InChI is InChI=1S/C9H22N2OS/c1-11(7-8-12-2)6-4-10-5-9-13-3/h10H,4-9H2,1-3H3. The maximum Gasteiger partial charge on any atom is 0.0589 e. The van der Waals surface area contributed by atoms with Gasteiger partial charge in [-0.1, -0.05) is 0 Å². The van der Waals surface area contributed by atoms with Gasteiger partial charge >= 0.3 is 0 Å². The van der Waals surface area contributed by atoms with Crippen molar-refractivity contribution in [1.29, 1.82) is 0 Å². The normalized spacial score (nSPS) is 11.1. The van der Waals surface area contributed by atoms with E-state index in [2.05, 4.69) is 23.5 Å². The third-order valence-electron chi connectivity index (χ3n) is 1.83. The average Bonchev–Trinajstić information content (AvgIpc) is 2.14. The van der Waals surface area contributed by atoms with Crippen LogP contribution < -0.4 is 5.32 Å². The lowest BCUT2D eigenvalue weighted by Crippen LogP contribution is -2.32. The second-order valence-electron chi connectivity index (χ2n) is 3.04. The van der Waals surface area contributed by atoms with E-state index in [0.717, 1.165) is 32.8 Å². The average molecular weight is 206 g/mol. The Kier molecular flexibility index (Phi) is 10.5. The molecular weight excluding hydrogens is 184 g/mol. The molecule has 0 aromatic carbocycles. The minimum absolute atomic E-state index is 0.821. The van der Waals surface area contributed by atoms with Gasteiger partial charge in [0.15, 0.2) is 0 Å². The first-order chi connectivity index (χ1) is 6.31. The molecule has 0 radical (unpaired) electrons. The van der Waals surface area contributed by atoms with E-state index in [1.807, 2.05) is 11.8 Å². The zero-order chi connectivity index (χ0) is 9.94. The third kappa shape index (κ3) is 10.1. The Bertz CT molecular complexity index is 104. The molecule has 0 bridgehead atoms. The van der Waals surface area contributed by atoms with Crippen molar-refractivity contribution in [1.82, 2.24) is 10.2 Å². The fraction of sp³-hybridized carbons (Fsp3) is 1.00. The maximum atomic E-state index is 4.99. The van der Waals surface area contributed by atoms with Crippen molar-refractivity contribution in [3.8, 4) is 0 Å². The van der Waals surface area contributed by atoms with Crippen LogP contribution in [0.3, 0.4) is 0 Å². The van der Waals surface area contributed by atoms with Gasteiger partial charge in [0.2, 0.25) is 0 Å². The summed E-state index contributed by atoms with van der Waals surface area (Å²) in [7, 11) is 3.86. The SMILES string of the molecule is COCCN(C)CCNCCSC. The monoisotopic (exact) mass is 206 g/mol. The first-order valence-corrected chi connectivity index (χ1v) is 6.07. The molecule has 4 heteroatoms. The largest absolute Gasteiger partial charge is 0.383 e. The number of rotatable bonds is 9. The van der Waals surface area contributed by atoms with Crippen molar-refractivity contribution in [2.75, 3.05) is 59.0 Å². The molecule has 0 spiro atoms. The highest BCUT2D eigenvalue weighted by molar-refractivity contribution is 7.98. The summed E-state index contributed by atoms with van der Waals surface area (Å²) in [4.78, 5) is 2.27. The summed E-state index contributed by atoms with van der Waals surface area (Å²) >= 11 is 1.88. The van der Waals surface area contributed by atoms with Gasteiger partial charge in [0.25, 0.3) is 0 Å². The number of likely N-dealkylation sites (N-methyl/N-ethyl adjacent to an activating group) is 1. The van der Waals surface area contributed by atoms with E-state index in [1.165, 1.54) is 5.75 Å². The lowest BCUT2D eigenvalue weighted by Gasteiger charge is -2.15. The summed E-state index contributed by atoms with van der Waals surface area (Å²) in [5.41, 5.74) is 0. The molecule has 0 aromatic rings. The summed E-state index contributed by atoms with van der Waals surface area (Å²) in [5.74, 6) is 1.20. The van der Waals surface area contributed by atoms with E-state index in [9.17, 15) is 0 Å². The molecule has 0 fully saturated rings. The van der Waals surface area contributed by atoms with Gasteiger partial charge in [0.05, 0.1) is 6.61 Å². The number of hydrogen-bond acceptors (Lipinski definition) is 4. The van der Waals surface area contributed by atoms with Gasteiger partial charge in [-0.15, -0.1) is 0 Å². The van der Waals surface area contributed by atoms with Gasteiger partial charge < -0.3 is 15.0 Å². The molecule has 80 valence electrons. The Morgan fingerprint density at radius 2 is 2.08 bits per heavy atom. The molecule has 13 heavy (non-hydrogen) atoms. The van der Waals surface area contributed by atoms with Gasteiger partial charge in [-0.25, -0.2) is 0 Å². The van der Waals surface area contributed by atoms with E-state index in [4.69, 9.17) is 4.74 Å². The molecule has 0 aliphatic rings. The lowest BCUT2D eigenvalue weighted by molar-refractivity contribution is 0.161. The molecule has 0 atom stereocenters. The lowest BCUT2D eigenvalue weighted by atomic mass is 10.5. The molecule has 0 saturated carbocycles. The van der Waals surface area contributed by atoms with Crippen molar-refractivity contribution >= 4 is 11.8 Å². The molecule has 0 aromatic heterocycles. The van der Waals surface area contributed by atoms with Gasteiger partial charge in [-0.3, -0.25) is 0 Å². The van der Waals surface area contributed by atoms with Crippen LogP contribution in [0, 0.1) is 0 Å². The predicted molar refractivity (Wildman–Crippen MR) is 60.6 cm³/mol. The molecule has 0 saturated heterocycles. The Morgan fingerprint density at radius 3 is 2.69 bits per heavy atom. The minimum atomic E-state index is 0.821. The fourth-order valence-electron chi connectivity index (χ4n) is 0.928.